The molecule has 1 amide bonds. The molecule has 1 saturated heterocycles. The normalized spacial score (nSPS) is 15.6. The number of hydrogen-bond acceptors (Lipinski definition) is 9. The van der Waals surface area contributed by atoms with E-state index in [1.165, 1.54) is 18.3 Å². The molecule has 0 bridgehead atoms. The summed E-state index contributed by atoms with van der Waals surface area (Å²) in [5.74, 6) is -2.00. The van der Waals surface area contributed by atoms with E-state index in [4.69, 9.17) is 9.47 Å². The number of rotatable bonds is 8. The molecule has 1 aliphatic heterocycles. The number of benzene rings is 2. The smallest absolute Gasteiger partial charge is 0.410 e. The molecule has 2 aromatic carbocycles. The van der Waals surface area contributed by atoms with Gasteiger partial charge in [0.05, 0.1) is 23.8 Å². The van der Waals surface area contributed by atoms with Crippen molar-refractivity contribution in [1.82, 2.24) is 14.3 Å². The molecule has 1 fully saturated rings. The molecule has 1 aromatic heterocycles. The Kier molecular flexibility index (Phi) is 9.09. The van der Waals surface area contributed by atoms with E-state index < -0.39 is 38.2 Å². The summed E-state index contributed by atoms with van der Waals surface area (Å²) in [5.41, 5.74) is 0.656. The maximum absolute atomic E-state index is 15.7. The van der Waals surface area contributed by atoms with Gasteiger partial charge in [-0.3, -0.25) is 0 Å². The first-order chi connectivity index (χ1) is 19.2. The standard InChI is InChI=1S/C26H30BrF2N5O5S2/c1-15-10-18(38-5)7-6-16(15)12-34(24-30-14-31-40-24)41(36,37)23-19(28)11-20(21(27)22(23)29)32-17-8-9-33(13-17)25(35)39-26(2,3)4/h6-7,10-11,14,17,32H,8-9,12-13H2,1-5H3/t17-/m0/s1. The topological polar surface area (TPSA) is 114 Å². The van der Waals surface area contributed by atoms with Crippen LogP contribution in [-0.2, 0) is 21.3 Å². The Labute approximate surface area is 250 Å². The number of methoxy groups -OCH3 is 1. The molecule has 0 spiro atoms. The molecule has 4 rings (SSSR count). The fourth-order valence-corrected chi connectivity index (χ4v) is 7.09. The highest BCUT2D eigenvalue weighted by atomic mass is 79.9. The highest BCUT2D eigenvalue weighted by molar-refractivity contribution is 9.10. The van der Waals surface area contributed by atoms with Crippen LogP contribution in [-0.4, -0.2) is 60.6 Å². The van der Waals surface area contributed by atoms with Gasteiger partial charge in [-0.05, 0) is 79.4 Å². The minimum absolute atomic E-state index is 0.0171. The first-order valence-electron chi connectivity index (χ1n) is 12.6. The Balaban J connectivity index is 1.62. The molecule has 41 heavy (non-hydrogen) atoms. The summed E-state index contributed by atoms with van der Waals surface area (Å²) in [4.78, 5) is 16.8. The lowest BCUT2D eigenvalue weighted by molar-refractivity contribution is 0.0293. The van der Waals surface area contributed by atoms with E-state index in [1.807, 2.05) is 0 Å². The number of carbonyl (C=O) groups is 1. The fraction of sp³-hybridized carbons (Fsp3) is 0.423. The van der Waals surface area contributed by atoms with E-state index in [0.29, 0.717) is 29.8 Å². The maximum Gasteiger partial charge on any atom is 0.410 e. The average molecular weight is 675 g/mol. The van der Waals surface area contributed by atoms with Crippen LogP contribution < -0.4 is 14.4 Å². The number of aryl methyl sites for hydroxylation is 1. The number of hydrogen-bond donors (Lipinski definition) is 1. The molecule has 0 radical (unpaired) electrons. The van der Waals surface area contributed by atoms with Crippen molar-refractivity contribution in [2.45, 2.75) is 57.2 Å². The zero-order valence-corrected chi connectivity index (χ0v) is 26.3. The third kappa shape index (κ3) is 6.89. The summed E-state index contributed by atoms with van der Waals surface area (Å²) in [6.45, 7) is 7.46. The van der Waals surface area contributed by atoms with Crippen LogP contribution in [0.25, 0.3) is 0 Å². The molecule has 0 unspecified atom stereocenters. The minimum Gasteiger partial charge on any atom is -0.497 e. The van der Waals surface area contributed by atoms with Crippen LogP contribution in [0.4, 0.5) is 24.4 Å². The van der Waals surface area contributed by atoms with Crippen LogP contribution in [0.5, 0.6) is 5.75 Å². The highest BCUT2D eigenvalue weighted by Crippen LogP contribution is 2.37. The Morgan fingerprint density at radius 3 is 2.63 bits per heavy atom. The zero-order chi connectivity index (χ0) is 30.1. The minimum atomic E-state index is -4.79. The molecule has 1 aliphatic rings. The van der Waals surface area contributed by atoms with Crippen molar-refractivity contribution in [3.63, 3.8) is 0 Å². The number of halogens is 3. The van der Waals surface area contributed by atoms with Crippen molar-refractivity contribution in [3.05, 3.63) is 57.8 Å². The molecular formula is C26H30BrF2N5O5S2. The number of amides is 1. The van der Waals surface area contributed by atoms with Gasteiger partial charge in [0.2, 0.25) is 5.13 Å². The van der Waals surface area contributed by atoms with E-state index in [0.717, 1.165) is 21.9 Å². The van der Waals surface area contributed by atoms with Gasteiger partial charge in [0.1, 0.15) is 23.5 Å². The molecule has 0 saturated carbocycles. The van der Waals surface area contributed by atoms with Gasteiger partial charge in [0, 0.05) is 30.7 Å². The fourth-order valence-electron chi connectivity index (χ4n) is 4.28. The van der Waals surface area contributed by atoms with E-state index >= 15 is 8.78 Å². The first-order valence-corrected chi connectivity index (χ1v) is 15.6. The third-order valence-electron chi connectivity index (χ3n) is 6.29. The van der Waals surface area contributed by atoms with Gasteiger partial charge in [0.25, 0.3) is 10.0 Å². The lowest BCUT2D eigenvalue weighted by atomic mass is 10.1. The van der Waals surface area contributed by atoms with E-state index in [9.17, 15) is 13.2 Å². The second-order valence-corrected chi connectivity index (χ2v) is 13.8. The Hall–Kier alpha value is -3.04. The predicted octanol–water partition coefficient (Wildman–Crippen LogP) is 5.71. The van der Waals surface area contributed by atoms with Gasteiger partial charge in [-0.15, -0.1) is 0 Å². The van der Waals surface area contributed by atoms with Crippen LogP contribution in [0.1, 0.15) is 38.3 Å². The van der Waals surface area contributed by atoms with Crippen LogP contribution >= 0.6 is 27.5 Å². The SMILES string of the molecule is COc1ccc(CN(c2ncns2)S(=O)(=O)c2c(F)cc(N[C@H]3CCN(C(=O)OC(C)(C)C)C3)c(Br)c2F)c(C)c1. The number of nitrogens with zero attached hydrogens (tertiary/aromatic N) is 4. The number of anilines is 2. The van der Waals surface area contributed by atoms with Gasteiger partial charge in [0.15, 0.2) is 10.7 Å². The highest BCUT2D eigenvalue weighted by Gasteiger charge is 2.36. The second kappa shape index (κ2) is 12.1. The summed E-state index contributed by atoms with van der Waals surface area (Å²) in [6.07, 6.45) is 1.19. The predicted molar refractivity (Wildman–Crippen MR) is 155 cm³/mol. The Morgan fingerprint density at radius 2 is 2.02 bits per heavy atom. The molecule has 10 nitrogen and oxygen atoms in total. The number of carbonyl (C=O) groups excluding carboxylic acids is 1. The summed E-state index contributed by atoms with van der Waals surface area (Å²) in [5, 5.41) is 2.96. The molecule has 15 heteroatoms. The summed E-state index contributed by atoms with van der Waals surface area (Å²) < 4.78 is 73.9. The van der Waals surface area contributed by atoms with Crippen LogP contribution in [0.15, 0.2) is 40.0 Å². The average Bonchev–Trinajstić information content (AvgIpc) is 3.58. The van der Waals surface area contributed by atoms with Crippen molar-refractivity contribution in [2.75, 3.05) is 29.8 Å². The summed E-state index contributed by atoms with van der Waals surface area (Å²) in [7, 11) is -3.28. The van der Waals surface area contributed by atoms with Crippen LogP contribution in [0.3, 0.4) is 0 Å². The maximum atomic E-state index is 15.7. The molecule has 2 heterocycles. The van der Waals surface area contributed by atoms with Crippen molar-refractivity contribution >= 4 is 54.4 Å². The lowest BCUT2D eigenvalue weighted by Crippen LogP contribution is -2.36. The number of nitrogens with one attached hydrogen (secondary N) is 1. The van der Waals surface area contributed by atoms with Gasteiger partial charge in [-0.25, -0.2) is 31.3 Å². The molecule has 1 N–H and O–H groups in total. The van der Waals surface area contributed by atoms with Gasteiger partial charge in [-0.2, -0.15) is 4.37 Å². The van der Waals surface area contributed by atoms with Crippen molar-refractivity contribution < 1.29 is 31.5 Å². The van der Waals surface area contributed by atoms with Gasteiger partial charge >= 0.3 is 6.09 Å². The number of sulfonamides is 1. The number of likely N-dealkylation sites (tertiary alicyclic amines) is 1. The third-order valence-corrected chi connectivity index (χ3v) is 9.64. The lowest BCUT2D eigenvalue weighted by Gasteiger charge is -2.25. The second-order valence-electron chi connectivity index (χ2n) is 10.4. The summed E-state index contributed by atoms with van der Waals surface area (Å²) in [6, 6.07) is 5.66. The Bertz CT molecular complexity index is 1530. The molecule has 222 valence electrons. The molecule has 1 atom stereocenters. The quantitative estimate of drug-likeness (QED) is 0.303. The van der Waals surface area contributed by atoms with E-state index in [-0.39, 0.29) is 34.4 Å². The molecule has 0 aliphatic carbocycles. The van der Waals surface area contributed by atoms with Crippen LogP contribution in [0, 0.1) is 18.6 Å². The van der Waals surface area contributed by atoms with Crippen molar-refractivity contribution in [2.24, 2.45) is 0 Å². The zero-order valence-electron chi connectivity index (χ0n) is 23.1. The monoisotopic (exact) mass is 673 g/mol. The van der Waals surface area contributed by atoms with E-state index in [1.54, 1.807) is 45.9 Å². The van der Waals surface area contributed by atoms with E-state index in [2.05, 4.69) is 30.6 Å². The number of aromatic nitrogens is 2. The van der Waals surface area contributed by atoms with Gasteiger partial charge < -0.3 is 19.7 Å². The van der Waals surface area contributed by atoms with Crippen LogP contribution in [0.2, 0.25) is 0 Å². The molecule has 3 aromatic rings. The van der Waals surface area contributed by atoms with Crippen molar-refractivity contribution in [1.29, 1.82) is 0 Å². The summed E-state index contributed by atoms with van der Waals surface area (Å²) >= 11 is 3.89. The number of ether oxygens (including phenoxy) is 2. The van der Waals surface area contributed by atoms with Gasteiger partial charge in [-0.1, -0.05) is 6.07 Å². The molecular weight excluding hydrogens is 644 g/mol. The largest absolute Gasteiger partial charge is 0.497 e. The first kappa shape index (κ1) is 30.9. The van der Waals surface area contributed by atoms with Crippen molar-refractivity contribution in [3.8, 4) is 5.75 Å². The Morgan fingerprint density at radius 1 is 1.29 bits per heavy atom.